The van der Waals surface area contributed by atoms with E-state index in [9.17, 15) is 4.79 Å². The molecule has 24 heavy (non-hydrogen) atoms. The third kappa shape index (κ3) is 4.02. The predicted molar refractivity (Wildman–Crippen MR) is 89.7 cm³/mol. The molecule has 1 aromatic carbocycles. The second-order valence-corrected chi connectivity index (χ2v) is 5.49. The van der Waals surface area contributed by atoms with Crippen LogP contribution in [0, 0.1) is 0 Å². The molecule has 1 fully saturated rings. The molecule has 1 N–H and O–H groups in total. The molecule has 6 nitrogen and oxygen atoms in total. The summed E-state index contributed by atoms with van der Waals surface area (Å²) in [5.41, 5.74) is 1.03. The van der Waals surface area contributed by atoms with Gasteiger partial charge in [-0.2, -0.15) is 0 Å². The highest BCUT2D eigenvalue weighted by molar-refractivity contribution is 6.05. The summed E-state index contributed by atoms with van der Waals surface area (Å²) < 4.78 is 16.4. The number of ether oxygens (including phenoxy) is 3. The summed E-state index contributed by atoms with van der Waals surface area (Å²) in [6.07, 6.45) is 3.84. The van der Waals surface area contributed by atoms with Crippen LogP contribution in [-0.4, -0.2) is 37.3 Å². The van der Waals surface area contributed by atoms with Crippen LogP contribution in [0.4, 0.5) is 5.69 Å². The lowest BCUT2D eigenvalue weighted by atomic mass is 10.2. The lowest BCUT2D eigenvalue weighted by Gasteiger charge is -2.13. The second-order valence-electron chi connectivity index (χ2n) is 5.49. The molecule has 0 saturated carbocycles. The monoisotopic (exact) mass is 328 g/mol. The number of rotatable bonds is 6. The molecule has 1 atom stereocenters. The fraction of sp³-hybridized carbons (Fsp3) is 0.333. The minimum absolute atomic E-state index is 0.155. The number of amides is 1. The van der Waals surface area contributed by atoms with Crippen molar-refractivity contribution in [2.75, 3.05) is 25.6 Å². The summed E-state index contributed by atoms with van der Waals surface area (Å²) in [5.74, 6) is 0.707. The number of nitrogens with one attached hydrogen (secondary N) is 1. The Balaban J connectivity index is 1.64. The summed E-state index contributed by atoms with van der Waals surface area (Å²) in [5, 5.41) is 2.83. The van der Waals surface area contributed by atoms with Gasteiger partial charge in [0, 0.05) is 24.6 Å². The van der Waals surface area contributed by atoms with E-state index in [2.05, 4.69) is 10.3 Å². The Morgan fingerprint density at radius 3 is 3.08 bits per heavy atom. The van der Waals surface area contributed by atoms with Crippen LogP contribution in [0.2, 0.25) is 0 Å². The molecule has 2 aromatic rings. The lowest BCUT2D eigenvalue weighted by molar-refractivity contribution is 0.0680. The van der Waals surface area contributed by atoms with Crippen molar-refractivity contribution < 1.29 is 19.0 Å². The van der Waals surface area contributed by atoms with Crippen molar-refractivity contribution in [1.82, 2.24) is 4.98 Å². The maximum atomic E-state index is 12.4. The lowest BCUT2D eigenvalue weighted by Crippen LogP contribution is -2.16. The van der Waals surface area contributed by atoms with Crippen LogP contribution in [0.3, 0.4) is 0 Å². The van der Waals surface area contributed by atoms with Crippen LogP contribution in [-0.2, 0) is 4.74 Å². The third-order valence-electron chi connectivity index (χ3n) is 3.76. The van der Waals surface area contributed by atoms with Crippen LogP contribution in [0.5, 0.6) is 11.6 Å². The zero-order valence-corrected chi connectivity index (χ0v) is 13.5. The Kier molecular flexibility index (Phi) is 5.28. The Labute approximate surface area is 140 Å². The molecule has 126 valence electrons. The summed E-state index contributed by atoms with van der Waals surface area (Å²) in [7, 11) is 1.48. The second kappa shape index (κ2) is 7.79. The Morgan fingerprint density at radius 2 is 2.29 bits per heavy atom. The van der Waals surface area contributed by atoms with Crippen molar-refractivity contribution in [2.45, 2.75) is 18.9 Å². The normalized spacial score (nSPS) is 16.6. The third-order valence-corrected chi connectivity index (χ3v) is 3.76. The maximum absolute atomic E-state index is 12.4. The molecule has 2 heterocycles. The van der Waals surface area contributed by atoms with E-state index in [1.807, 2.05) is 12.1 Å². The van der Waals surface area contributed by atoms with Gasteiger partial charge in [-0.15, -0.1) is 0 Å². The van der Waals surface area contributed by atoms with Gasteiger partial charge in [0.05, 0.1) is 13.2 Å². The number of hydrogen-bond acceptors (Lipinski definition) is 5. The van der Waals surface area contributed by atoms with E-state index in [-0.39, 0.29) is 12.0 Å². The molecule has 0 radical (unpaired) electrons. The molecule has 1 saturated heterocycles. The van der Waals surface area contributed by atoms with Gasteiger partial charge in [0.1, 0.15) is 17.9 Å². The molecular weight excluding hydrogens is 308 g/mol. The molecule has 1 amide bonds. The summed E-state index contributed by atoms with van der Waals surface area (Å²) in [4.78, 5) is 16.4. The molecule has 1 aromatic heterocycles. The minimum atomic E-state index is -0.281. The van der Waals surface area contributed by atoms with Gasteiger partial charge in [0.15, 0.2) is 0 Å². The van der Waals surface area contributed by atoms with Crippen molar-refractivity contribution in [1.29, 1.82) is 0 Å². The van der Waals surface area contributed by atoms with Crippen LogP contribution < -0.4 is 14.8 Å². The summed E-state index contributed by atoms with van der Waals surface area (Å²) >= 11 is 0. The van der Waals surface area contributed by atoms with E-state index in [4.69, 9.17) is 14.2 Å². The van der Waals surface area contributed by atoms with Gasteiger partial charge < -0.3 is 19.5 Å². The molecule has 0 spiro atoms. The fourth-order valence-electron chi connectivity index (χ4n) is 2.55. The van der Waals surface area contributed by atoms with E-state index in [0.29, 0.717) is 29.5 Å². The number of anilines is 1. The first kappa shape index (κ1) is 16.3. The van der Waals surface area contributed by atoms with Gasteiger partial charge >= 0.3 is 0 Å². The molecule has 0 aliphatic carbocycles. The number of carbonyl (C=O) groups excluding carboxylic acids is 1. The van der Waals surface area contributed by atoms with Gasteiger partial charge in [-0.05, 0) is 37.1 Å². The van der Waals surface area contributed by atoms with Crippen molar-refractivity contribution in [2.24, 2.45) is 0 Å². The van der Waals surface area contributed by atoms with Crippen LogP contribution >= 0.6 is 0 Å². The number of aromatic nitrogens is 1. The quantitative estimate of drug-likeness (QED) is 0.883. The van der Waals surface area contributed by atoms with Crippen LogP contribution in [0.25, 0.3) is 0 Å². The first-order valence-corrected chi connectivity index (χ1v) is 7.91. The smallest absolute Gasteiger partial charge is 0.261 e. The number of carbonyl (C=O) groups is 1. The number of benzene rings is 1. The Bertz CT molecular complexity index is 699. The average molecular weight is 328 g/mol. The number of hydrogen-bond donors (Lipinski definition) is 1. The van der Waals surface area contributed by atoms with Crippen LogP contribution in [0.1, 0.15) is 23.2 Å². The average Bonchev–Trinajstić information content (AvgIpc) is 3.14. The molecule has 3 rings (SSSR count). The Morgan fingerprint density at radius 1 is 1.38 bits per heavy atom. The van der Waals surface area contributed by atoms with Crippen molar-refractivity contribution in [3.05, 3.63) is 48.2 Å². The standard InChI is InChI=1S/C18H20N2O4/c1-22-18-16(8-3-9-19-18)17(21)20-13-5-2-6-14(11-13)24-12-15-7-4-10-23-15/h2-3,5-6,8-9,11,15H,4,7,10,12H2,1H3,(H,20,21). The molecule has 1 aliphatic heterocycles. The topological polar surface area (TPSA) is 69.7 Å². The van der Waals surface area contributed by atoms with Gasteiger partial charge in [-0.1, -0.05) is 6.07 Å². The molecule has 1 aliphatic rings. The van der Waals surface area contributed by atoms with E-state index < -0.39 is 0 Å². The number of nitrogens with zero attached hydrogens (tertiary/aromatic N) is 1. The maximum Gasteiger partial charge on any atom is 0.261 e. The molecule has 6 heteroatoms. The Hall–Kier alpha value is -2.60. The van der Waals surface area contributed by atoms with E-state index in [1.54, 1.807) is 30.5 Å². The first-order valence-electron chi connectivity index (χ1n) is 7.91. The van der Waals surface area contributed by atoms with E-state index >= 15 is 0 Å². The zero-order valence-electron chi connectivity index (χ0n) is 13.5. The largest absolute Gasteiger partial charge is 0.491 e. The van der Waals surface area contributed by atoms with E-state index in [0.717, 1.165) is 19.4 Å². The molecular formula is C18H20N2O4. The zero-order chi connectivity index (χ0) is 16.8. The first-order chi connectivity index (χ1) is 11.8. The van der Waals surface area contributed by atoms with Crippen molar-refractivity contribution in [3.8, 4) is 11.6 Å². The van der Waals surface area contributed by atoms with Gasteiger partial charge in [-0.3, -0.25) is 4.79 Å². The SMILES string of the molecule is COc1ncccc1C(=O)Nc1cccc(OCC2CCCO2)c1. The number of methoxy groups -OCH3 is 1. The highest BCUT2D eigenvalue weighted by atomic mass is 16.5. The molecule has 0 bridgehead atoms. The highest BCUT2D eigenvalue weighted by Crippen LogP contribution is 2.21. The minimum Gasteiger partial charge on any atom is -0.491 e. The summed E-state index contributed by atoms with van der Waals surface area (Å²) in [6.45, 7) is 1.32. The fourth-order valence-corrected chi connectivity index (χ4v) is 2.55. The molecule has 1 unspecified atom stereocenters. The van der Waals surface area contributed by atoms with Gasteiger partial charge in [0.2, 0.25) is 5.88 Å². The van der Waals surface area contributed by atoms with Crippen LogP contribution in [0.15, 0.2) is 42.6 Å². The predicted octanol–water partition coefficient (Wildman–Crippen LogP) is 2.90. The number of pyridine rings is 1. The van der Waals surface area contributed by atoms with Gasteiger partial charge in [-0.25, -0.2) is 4.98 Å². The van der Waals surface area contributed by atoms with E-state index in [1.165, 1.54) is 7.11 Å². The summed E-state index contributed by atoms with van der Waals surface area (Å²) in [6, 6.07) is 10.6. The van der Waals surface area contributed by atoms with Gasteiger partial charge in [0.25, 0.3) is 5.91 Å². The van der Waals surface area contributed by atoms with Crippen molar-refractivity contribution >= 4 is 11.6 Å². The van der Waals surface area contributed by atoms with Crippen molar-refractivity contribution in [3.63, 3.8) is 0 Å². The highest BCUT2D eigenvalue weighted by Gasteiger charge is 2.16.